The maximum absolute atomic E-state index is 12.7. The van der Waals surface area contributed by atoms with Crippen LogP contribution < -0.4 is 10.5 Å². The third kappa shape index (κ3) is 3.24. The van der Waals surface area contributed by atoms with Crippen LogP contribution in [0.5, 0.6) is 0 Å². The Bertz CT molecular complexity index is 1300. The highest BCUT2D eigenvalue weighted by molar-refractivity contribution is 7.89. The van der Waals surface area contributed by atoms with Gasteiger partial charge in [0, 0.05) is 73.7 Å². The summed E-state index contributed by atoms with van der Waals surface area (Å²) in [6, 6.07) is 6.26. The number of rotatable bonds is 3. The van der Waals surface area contributed by atoms with Crippen molar-refractivity contribution in [1.82, 2.24) is 9.55 Å². The summed E-state index contributed by atoms with van der Waals surface area (Å²) in [6.45, 7) is 2.17. The second-order valence-electron chi connectivity index (χ2n) is 8.42. The first kappa shape index (κ1) is 19.4. The first-order valence-electron chi connectivity index (χ1n) is 10.2. The number of nitrogens with one attached hydrogen (secondary N) is 1. The lowest BCUT2D eigenvalue weighted by Crippen LogP contribution is -2.39. The summed E-state index contributed by atoms with van der Waals surface area (Å²) in [6.07, 6.45) is 6.94. The number of ether oxygens (including phenoxy) is 1. The molecule has 2 aliphatic heterocycles. The monoisotopic (exact) mass is 427 g/mol. The largest absolute Gasteiger partial charge is 0.381 e. The van der Waals surface area contributed by atoms with Gasteiger partial charge in [-0.3, -0.25) is 4.79 Å². The number of sulfone groups is 1. The average molecular weight is 428 g/mol. The van der Waals surface area contributed by atoms with Crippen LogP contribution in [0.25, 0.3) is 22.0 Å². The smallest absolute Gasteiger partial charge is 0.274 e. The van der Waals surface area contributed by atoms with Gasteiger partial charge in [0.1, 0.15) is 5.52 Å². The number of aryl methyl sites for hydroxylation is 1. The third-order valence-electron chi connectivity index (χ3n) is 6.15. The normalized spacial score (nSPS) is 17.2. The molecule has 1 aromatic carbocycles. The van der Waals surface area contributed by atoms with Crippen molar-refractivity contribution in [2.75, 3.05) is 24.4 Å². The summed E-state index contributed by atoms with van der Waals surface area (Å²) < 4.78 is 31.0. The Hall–Kier alpha value is -2.58. The van der Waals surface area contributed by atoms with Crippen molar-refractivity contribution >= 4 is 26.4 Å². The molecule has 1 N–H and O–H groups in total. The minimum atomic E-state index is -3.15. The minimum absolute atomic E-state index is 0.00749. The SMILES string of the molecule is Cn1cc2c3c(c[nH]c3c1=O)CN(C1CCOCC1)c1ccc(CS(C)(=O)=O)cc1-2. The van der Waals surface area contributed by atoms with Gasteiger partial charge < -0.3 is 19.2 Å². The second kappa shape index (κ2) is 6.99. The number of aromatic amines is 1. The number of aromatic nitrogens is 2. The van der Waals surface area contributed by atoms with Gasteiger partial charge in [0.05, 0.1) is 5.75 Å². The van der Waals surface area contributed by atoms with Gasteiger partial charge in [0.25, 0.3) is 5.56 Å². The number of H-pyrrole nitrogens is 1. The molecule has 0 aliphatic carbocycles. The summed E-state index contributed by atoms with van der Waals surface area (Å²) in [5.74, 6) is -0.00749. The highest BCUT2D eigenvalue weighted by atomic mass is 32.2. The molecule has 0 amide bonds. The van der Waals surface area contributed by atoms with Gasteiger partial charge in [-0.2, -0.15) is 0 Å². The van der Waals surface area contributed by atoms with E-state index in [1.807, 2.05) is 30.6 Å². The zero-order chi connectivity index (χ0) is 21.0. The number of nitrogens with zero attached hydrogens (tertiary/aromatic N) is 2. The van der Waals surface area contributed by atoms with Crippen molar-refractivity contribution in [3.63, 3.8) is 0 Å². The van der Waals surface area contributed by atoms with Crippen LogP contribution >= 0.6 is 0 Å². The molecule has 30 heavy (non-hydrogen) atoms. The molecule has 3 aromatic rings. The van der Waals surface area contributed by atoms with Crippen molar-refractivity contribution < 1.29 is 13.2 Å². The van der Waals surface area contributed by atoms with Gasteiger partial charge in [-0.25, -0.2) is 8.42 Å². The van der Waals surface area contributed by atoms with Gasteiger partial charge in [0.15, 0.2) is 9.84 Å². The first-order valence-corrected chi connectivity index (χ1v) is 12.2. The van der Waals surface area contributed by atoms with E-state index in [4.69, 9.17) is 4.74 Å². The first-order chi connectivity index (χ1) is 14.3. The molecule has 8 heteroatoms. The maximum atomic E-state index is 12.7. The molecular formula is C22H25N3O4S. The molecule has 0 saturated carbocycles. The number of anilines is 1. The van der Waals surface area contributed by atoms with E-state index in [-0.39, 0.29) is 11.3 Å². The quantitative estimate of drug-likeness (QED) is 0.695. The van der Waals surface area contributed by atoms with Crippen LogP contribution in [0.2, 0.25) is 0 Å². The van der Waals surface area contributed by atoms with Crippen molar-refractivity contribution in [2.45, 2.75) is 31.2 Å². The zero-order valence-corrected chi connectivity index (χ0v) is 18.0. The molecule has 5 rings (SSSR count). The summed E-state index contributed by atoms with van der Waals surface area (Å²) in [4.78, 5) is 18.3. The Morgan fingerprint density at radius 1 is 1.20 bits per heavy atom. The van der Waals surface area contributed by atoms with Crippen LogP contribution in [0.3, 0.4) is 0 Å². The average Bonchev–Trinajstić information content (AvgIpc) is 3.07. The lowest BCUT2D eigenvalue weighted by atomic mass is 9.98. The van der Waals surface area contributed by atoms with E-state index >= 15 is 0 Å². The Labute approximate surface area is 175 Å². The van der Waals surface area contributed by atoms with Crippen LogP contribution in [0.1, 0.15) is 24.0 Å². The van der Waals surface area contributed by atoms with Gasteiger partial charge in [-0.1, -0.05) is 6.07 Å². The van der Waals surface area contributed by atoms with Crippen LogP contribution in [0, 0.1) is 0 Å². The number of hydrogen-bond acceptors (Lipinski definition) is 5. The lowest BCUT2D eigenvalue weighted by Gasteiger charge is -2.36. The zero-order valence-electron chi connectivity index (χ0n) is 17.1. The fourth-order valence-corrected chi connectivity index (χ4v) is 5.58. The Morgan fingerprint density at radius 3 is 2.70 bits per heavy atom. The molecule has 1 saturated heterocycles. The molecule has 2 aromatic heterocycles. The molecule has 0 spiro atoms. The van der Waals surface area contributed by atoms with Gasteiger partial charge in [-0.15, -0.1) is 0 Å². The van der Waals surface area contributed by atoms with Gasteiger partial charge in [-0.05, 0) is 36.1 Å². The fourth-order valence-electron chi connectivity index (χ4n) is 4.80. The molecule has 0 bridgehead atoms. The number of hydrogen-bond donors (Lipinski definition) is 1. The number of benzene rings is 1. The summed E-state index contributed by atoms with van der Waals surface area (Å²) >= 11 is 0. The molecule has 7 nitrogen and oxygen atoms in total. The van der Waals surface area contributed by atoms with Gasteiger partial charge >= 0.3 is 0 Å². The van der Waals surface area contributed by atoms with E-state index in [9.17, 15) is 13.2 Å². The van der Waals surface area contributed by atoms with E-state index < -0.39 is 9.84 Å². The minimum Gasteiger partial charge on any atom is -0.381 e. The summed E-state index contributed by atoms with van der Waals surface area (Å²) in [5, 5.41) is 0.936. The molecule has 1 fully saturated rings. The molecule has 4 heterocycles. The van der Waals surface area contributed by atoms with E-state index in [1.54, 1.807) is 11.6 Å². The Kier molecular flexibility index (Phi) is 4.52. The molecule has 2 aliphatic rings. The molecule has 0 radical (unpaired) electrons. The van der Waals surface area contributed by atoms with Crippen molar-refractivity contribution in [2.24, 2.45) is 7.05 Å². The topological polar surface area (TPSA) is 84.4 Å². The molecule has 0 unspecified atom stereocenters. The molecular weight excluding hydrogens is 402 g/mol. The maximum Gasteiger partial charge on any atom is 0.274 e. The Morgan fingerprint density at radius 2 is 1.97 bits per heavy atom. The van der Waals surface area contributed by atoms with Crippen LogP contribution in [-0.2, 0) is 33.9 Å². The van der Waals surface area contributed by atoms with E-state index in [2.05, 4.69) is 9.88 Å². The Balaban J connectivity index is 1.77. The highest BCUT2D eigenvalue weighted by Gasteiger charge is 2.30. The van der Waals surface area contributed by atoms with E-state index in [0.29, 0.717) is 18.1 Å². The molecule has 158 valence electrons. The lowest BCUT2D eigenvalue weighted by molar-refractivity contribution is 0.0841. The fraction of sp³-hybridized carbons (Fsp3) is 0.409. The number of pyridine rings is 1. The second-order valence-corrected chi connectivity index (χ2v) is 10.6. The van der Waals surface area contributed by atoms with Crippen LogP contribution in [0.15, 0.2) is 35.4 Å². The van der Waals surface area contributed by atoms with Crippen LogP contribution in [0.4, 0.5) is 5.69 Å². The predicted molar refractivity (Wildman–Crippen MR) is 118 cm³/mol. The third-order valence-corrected chi connectivity index (χ3v) is 7.01. The van der Waals surface area contributed by atoms with E-state index in [0.717, 1.165) is 59.4 Å². The molecule has 0 atom stereocenters. The summed E-state index contributed by atoms with van der Waals surface area (Å²) in [7, 11) is -1.40. The standard InChI is InChI=1S/C22H25N3O4S/c1-24-12-18-17-9-14(13-30(2,27)28)3-4-19(17)25(16-5-7-29-8-6-16)11-15-10-23-21(20(15)18)22(24)26/h3-4,9-10,12,16,23H,5-8,11,13H2,1-2H3. The van der Waals surface area contributed by atoms with Crippen molar-refractivity contribution in [3.05, 3.63) is 52.1 Å². The number of fused-ring (bicyclic) bond motifs is 2. The van der Waals surface area contributed by atoms with E-state index in [1.165, 1.54) is 6.26 Å². The van der Waals surface area contributed by atoms with Crippen molar-refractivity contribution in [3.8, 4) is 11.1 Å². The van der Waals surface area contributed by atoms with Gasteiger partial charge in [0.2, 0.25) is 0 Å². The van der Waals surface area contributed by atoms with Crippen LogP contribution in [-0.4, -0.2) is 43.5 Å². The summed E-state index contributed by atoms with van der Waals surface area (Å²) in [5.41, 5.74) is 5.39. The highest BCUT2D eigenvalue weighted by Crippen LogP contribution is 2.42. The van der Waals surface area contributed by atoms with Crippen molar-refractivity contribution in [1.29, 1.82) is 0 Å². The predicted octanol–water partition coefficient (Wildman–Crippen LogP) is 2.58.